The lowest BCUT2D eigenvalue weighted by Crippen LogP contribution is -2.23. The Labute approximate surface area is 63.9 Å². The van der Waals surface area contributed by atoms with Crippen molar-refractivity contribution in [2.24, 2.45) is 0 Å². The largest absolute Gasteiger partial charge is 0.376 e. The number of hydrogen-bond acceptors (Lipinski definition) is 3. The molecule has 0 aromatic carbocycles. The number of carbonyl (C=O) groups excluding carboxylic acids is 1. The summed E-state index contributed by atoms with van der Waals surface area (Å²) in [4.78, 5) is 14.7. The van der Waals surface area contributed by atoms with Gasteiger partial charge in [0.15, 0.2) is 0 Å². The van der Waals surface area contributed by atoms with E-state index in [0.717, 1.165) is 0 Å². The Bertz CT molecular complexity index is 235. The zero-order valence-corrected chi connectivity index (χ0v) is 5.82. The van der Waals surface area contributed by atoms with Crippen LogP contribution in [0.5, 0.6) is 0 Å². The third-order valence-corrected chi connectivity index (χ3v) is 1.16. The van der Waals surface area contributed by atoms with Crippen molar-refractivity contribution in [3.05, 3.63) is 30.1 Å². The van der Waals surface area contributed by atoms with Crippen molar-refractivity contribution in [1.29, 1.82) is 0 Å². The van der Waals surface area contributed by atoms with Gasteiger partial charge in [0, 0.05) is 12.4 Å². The molecule has 0 spiro atoms. The third kappa shape index (κ3) is 2.01. The first-order chi connectivity index (χ1) is 5.34. The number of aromatic nitrogens is 1. The van der Waals surface area contributed by atoms with Gasteiger partial charge >= 0.3 is 0 Å². The number of nitrogens with one attached hydrogen (secondary N) is 1. The summed E-state index contributed by atoms with van der Waals surface area (Å²) in [5.41, 5.74) is 0.446. The Morgan fingerprint density at radius 2 is 2.55 bits per heavy atom. The molecule has 1 heterocycles. The average molecular weight is 152 g/mol. The fourth-order valence-electron chi connectivity index (χ4n) is 0.671. The highest BCUT2D eigenvalue weighted by Gasteiger charge is 2.01. The molecule has 1 rings (SSSR count). The van der Waals surface area contributed by atoms with E-state index in [9.17, 15) is 4.79 Å². The maximum atomic E-state index is 10.9. The number of aliphatic hydroxyl groups is 1. The van der Waals surface area contributed by atoms with Gasteiger partial charge in [-0.15, -0.1) is 0 Å². The van der Waals surface area contributed by atoms with Gasteiger partial charge in [0.05, 0.1) is 5.56 Å². The van der Waals surface area contributed by atoms with Crippen molar-refractivity contribution in [3.63, 3.8) is 0 Å². The van der Waals surface area contributed by atoms with Crippen LogP contribution in [0.1, 0.15) is 10.4 Å². The van der Waals surface area contributed by atoms with Gasteiger partial charge in [0.1, 0.15) is 6.73 Å². The Morgan fingerprint density at radius 3 is 3.09 bits per heavy atom. The third-order valence-electron chi connectivity index (χ3n) is 1.16. The van der Waals surface area contributed by atoms with E-state index in [0.29, 0.717) is 5.56 Å². The molecule has 1 amide bonds. The van der Waals surface area contributed by atoms with Crippen molar-refractivity contribution in [3.8, 4) is 0 Å². The molecule has 0 radical (unpaired) electrons. The molecule has 0 aliphatic carbocycles. The first-order valence-electron chi connectivity index (χ1n) is 3.13. The van der Waals surface area contributed by atoms with Crippen LogP contribution in [0.3, 0.4) is 0 Å². The molecule has 4 nitrogen and oxygen atoms in total. The first kappa shape index (κ1) is 7.68. The molecule has 58 valence electrons. The fourth-order valence-corrected chi connectivity index (χ4v) is 0.671. The van der Waals surface area contributed by atoms with Gasteiger partial charge in [-0.05, 0) is 12.1 Å². The van der Waals surface area contributed by atoms with Crippen molar-refractivity contribution >= 4 is 5.91 Å². The van der Waals surface area contributed by atoms with Crippen LogP contribution >= 0.6 is 0 Å². The van der Waals surface area contributed by atoms with E-state index in [1.54, 1.807) is 18.3 Å². The van der Waals surface area contributed by atoms with Gasteiger partial charge in [-0.1, -0.05) is 0 Å². The number of rotatable bonds is 2. The van der Waals surface area contributed by atoms with Crippen LogP contribution in [0.4, 0.5) is 0 Å². The first-order valence-corrected chi connectivity index (χ1v) is 3.13. The summed E-state index contributed by atoms with van der Waals surface area (Å²) in [7, 11) is 0. The molecule has 0 aliphatic heterocycles. The highest BCUT2D eigenvalue weighted by molar-refractivity contribution is 5.93. The highest BCUT2D eigenvalue weighted by atomic mass is 16.3. The van der Waals surface area contributed by atoms with Crippen LogP contribution in [0.15, 0.2) is 24.5 Å². The second-order valence-corrected chi connectivity index (χ2v) is 1.91. The average Bonchev–Trinajstić information content (AvgIpc) is 2.07. The highest BCUT2D eigenvalue weighted by Crippen LogP contribution is 1.93. The molecular weight excluding hydrogens is 144 g/mol. The molecule has 0 bridgehead atoms. The summed E-state index contributed by atoms with van der Waals surface area (Å²) in [6, 6.07) is 3.28. The van der Waals surface area contributed by atoms with Gasteiger partial charge in [0.2, 0.25) is 0 Å². The van der Waals surface area contributed by atoms with Gasteiger partial charge in [-0.3, -0.25) is 9.78 Å². The number of pyridine rings is 1. The number of amides is 1. The molecule has 4 heteroatoms. The molecule has 11 heavy (non-hydrogen) atoms. The second kappa shape index (κ2) is 3.68. The van der Waals surface area contributed by atoms with E-state index >= 15 is 0 Å². The van der Waals surface area contributed by atoms with Gasteiger partial charge in [-0.25, -0.2) is 0 Å². The Balaban J connectivity index is 2.69. The Kier molecular flexibility index (Phi) is 2.57. The van der Waals surface area contributed by atoms with E-state index < -0.39 is 0 Å². The van der Waals surface area contributed by atoms with E-state index in [1.807, 2.05) is 0 Å². The number of carbonyl (C=O) groups is 1. The molecule has 2 N–H and O–H groups in total. The number of hydrogen-bond donors (Lipinski definition) is 2. The summed E-state index contributed by atoms with van der Waals surface area (Å²) >= 11 is 0. The van der Waals surface area contributed by atoms with Crippen molar-refractivity contribution in [1.82, 2.24) is 10.3 Å². The molecule has 0 atom stereocenters. The summed E-state index contributed by atoms with van der Waals surface area (Å²) < 4.78 is 0. The molecule has 0 unspecified atom stereocenters. The van der Waals surface area contributed by atoms with Crippen molar-refractivity contribution < 1.29 is 9.90 Å². The summed E-state index contributed by atoms with van der Waals surface area (Å²) in [5.74, 6) is -0.319. The standard InChI is InChI=1S/C7H8N2O2/c10-5-9-7(11)6-2-1-3-8-4-6/h1-4,10H,5H2,(H,9,11). The van der Waals surface area contributed by atoms with E-state index in [4.69, 9.17) is 5.11 Å². The molecule has 1 aromatic heterocycles. The summed E-state index contributed by atoms with van der Waals surface area (Å²) in [6.45, 7) is -0.353. The predicted molar refractivity (Wildman–Crippen MR) is 38.8 cm³/mol. The topological polar surface area (TPSA) is 62.2 Å². The number of nitrogens with zero attached hydrogens (tertiary/aromatic N) is 1. The van der Waals surface area contributed by atoms with Gasteiger partial charge in [-0.2, -0.15) is 0 Å². The van der Waals surface area contributed by atoms with E-state index in [1.165, 1.54) is 6.20 Å². The maximum absolute atomic E-state index is 10.9. The molecule has 1 aromatic rings. The minimum Gasteiger partial charge on any atom is -0.376 e. The van der Waals surface area contributed by atoms with E-state index in [-0.39, 0.29) is 12.6 Å². The van der Waals surface area contributed by atoms with Gasteiger partial charge < -0.3 is 10.4 Å². The zero-order chi connectivity index (χ0) is 8.10. The normalized spacial score (nSPS) is 9.18. The van der Waals surface area contributed by atoms with Crippen molar-refractivity contribution in [2.45, 2.75) is 0 Å². The maximum Gasteiger partial charge on any atom is 0.254 e. The summed E-state index contributed by atoms with van der Waals surface area (Å²) in [5, 5.41) is 10.6. The van der Waals surface area contributed by atoms with Crippen LogP contribution in [0.2, 0.25) is 0 Å². The number of aliphatic hydroxyl groups excluding tert-OH is 1. The van der Waals surface area contributed by atoms with Crippen LogP contribution in [0.25, 0.3) is 0 Å². The van der Waals surface area contributed by atoms with Gasteiger partial charge in [0.25, 0.3) is 5.91 Å². The molecule has 0 fully saturated rings. The van der Waals surface area contributed by atoms with Crippen LogP contribution in [-0.2, 0) is 0 Å². The Morgan fingerprint density at radius 1 is 1.73 bits per heavy atom. The van der Waals surface area contributed by atoms with Crippen LogP contribution in [0, 0.1) is 0 Å². The molecule has 0 saturated carbocycles. The lowest BCUT2D eigenvalue weighted by Gasteiger charge is -1.98. The lowest BCUT2D eigenvalue weighted by atomic mass is 10.3. The minimum atomic E-state index is -0.353. The summed E-state index contributed by atoms with van der Waals surface area (Å²) in [6.07, 6.45) is 3.01. The Hall–Kier alpha value is -1.42. The zero-order valence-electron chi connectivity index (χ0n) is 5.82. The SMILES string of the molecule is O=C(NCO)c1cccnc1. The molecule has 0 saturated heterocycles. The molecular formula is C7H8N2O2. The predicted octanol–water partition coefficient (Wildman–Crippen LogP) is -0.239. The molecule has 0 aliphatic rings. The minimum absolute atomic E-state index is 0.319. The monoisotopic (exact) mass is 152 g/mol. The quantitative estimate of drug-likeness (QED) is 0.575. The van der Waals surface area contributed by atoms with Crippen LogP contribution in [-0.4, -0.2) is 22.7 Å². The van der Waals surface area contributed by atoms with Crippen molar-refractivity contribution in [2.75, 3.05) is 6.73 Å². The smallest absolute Gasteiger partial charge is 0.254 e. The fraction of sp³-hybridized carbons (Fsp3) is 0.143. The second-order valence-electron chi connectivity index (χ2n) is 1.91. The van der Waals surface area contributed by atoms with Crippen LogP contribution < -0.4 is 5.32 Å². The van der Waals surface area contributed by atoms with E-state index in [2.05, 4.69) is 10.3 Å². The lowest BCUT2D eigenvalue weighted by molar-refractivity contribution is 0.0910.